The number of hydrogen-bond donors (Lipinski definition) is 2. The maximum atomic E-state index is 13.0. The summed E-state index contributed by atoms with van der Waals surface area (Å²) in [5.74, 6) is -0.389. The van der Waals surface area contributed by atoms with Crippen LogP contribution in [0.3, 0.4) is 0 Å². The zero-order valence-electron chi connectivity index (χ0n) is 7.83. The Kier molecular flexibility index (Phi) is 4.80. The zero-order chi connectivity index (χ0) is 11.4. The van der Waals surface area contributed by atoms with Gasteiger partial charge in [-0.1, -0.05) is 17.7 Å². The van der Waals surface area contributed by atoms with Crippen LogP contribution in [0.2, 0.25) is 5.02 Å². The van der Waals surface area contributed by atoms with E-state index in [-0.39, 0.29) is 22.9 Å². The second kappa shape index (κ2) is 5.66. The molecule has 2 N–H and O–H groups in total. The molecule has 0 radical (unpaired) electrons. The number of aliphatic hydroxyl groups excluding tert-OH is 2. The number of hydrogen-bond acceptors (Lipinski definition) is 2. The van der Waals surface area contributed by atoms with Crippen molar-refractivity contribution in [2.24, 2.45) is 0 Å². The highest BCUT2D eigenvalue weighted by atomic mass is 35.5. The van der Waals surface area contributed by atoms with Gasteiger partial charge in [-0.25, -0.2) is 4.39 Å². The van der Waals surface area contributed by atoms with Gasteiger partial charge in [-0.05, 0) is 24.1 Å². The van der Waals surface area contributed by atoms with Crippen LogP contribution < -0.4 is 0 Å². The van der Waals surface area contributed by atoms with Crippen molar-refractivity contribution in [1.82, 2.24) is 0 Å². The lowest BCUT2D eigenvalue weighted by Crippen LogP contribution is -2.18. The Morgan fingerprint density at radius 3 is 2.53 bits per heavy atom. The molecule has 0 saturated carbocycles. The molecule has 1 aromatic carbocycles. The number of halogens is 3. The van der Waals surface area contributed by atoms with Crippen molar-refractivity contribution in [3.8, 4) is 0 Å². The molecule has 2 unspecified atom stereocenters. The predicted molar refractivity (Wildman–Crippen MR) is 57.7 cm³/mol. The monoisotopic (exact) mass is 252 g/mol. The van der Waals surface area contributed by atoms with Crippen LogP contribution >= 0.6 is 23.2 Å². The van der Waals surface area contributed by atoms with Gasteiger partial charge in [0.1, 0.15) is 11.9 Å². The quantitative estimate of drug-likeness (QED) is 0.809. The van der Waals surface area contributed by atoms with Crippen LogP contribution in [-0.2, 0) is 0 Å². The number of aliphatic hydroxyl groups is 2. The smallest absolute Gasteiger partial charge is 0.142 e. The molecule has 15 heavy (non-hydrogen) atoms. The number of rotatable bonds is 4. The predicted octanol–water partition coefficient (Wildman–Crippen LogP) is 2.50. The second-order valence-corrected chi connectivity index (χ2v) is 3.95. The third-order valence-corrected chi connectivity index (χ3v) is 2.58. The maximum Gasteiger partial charge on any atom is 0.142 e. The first-order chi connectivity index (χ1) is 7.06. The average molecular weight is 253 g/mol. The standard InChI is InChI=1S/C10H11Cl2FO2/c11-4-3-9(14)10(15)6-1-2-7(12)8(13)5-6/h1-2,5,9-10,14-15H,3-4H2. The van der Waals surface area contributed by atoms with Crippen molar-refractivity contribution >= 4 is 23.2 Å². The lowest BCUT2D eigenvalue weighted by molar-refractivity contribution is 0.0168. The highest BCUT2D eigenvalue weighted by Crippen LogP contribution is 2.23. The van der Waals surface area contributed by atoms with E-state index >= 15 is 0 Å². The van der Waals surface area contributed by atoms with E-state index in [0.717, 1.165) is 6.07 Å². The SMILES string of the molecule is OC(CCCl)C(O)c1ccc(Cl)c(F)c1. The van der Waals surface area contributed by atoms with Gasteiger partial charge in [-0.15, -0.1) is 11.6 Å². The Bertz CT molecular complexity index is 333. The molecule has 2 nitrogen and oxygen atoms in total. The van der Waals surface area contributed by atoms with Crippen molar-refractivity contribution in [2.75, 3.05) is 5.88 Å². The van der Waals surface area contributed by atoms with Gasteiger partial charge < -0.3 is 10.2 Å². The number of benzene rings is 1. The van der Waals surface area contributed by atoms with Crippen LogP contribution in [0, 0.1) is 5.82 Å². The van der Waals surface area contributed by atoms with E-state index in [4.69, 9.17) is 23.2 Å². The van der Waals surface area contributed by atoms with Gasteiger partial charge in [0.25, 0.3) is 0 Å². The zero-order valence-corrected chi connectivity index (χ0v) is 9.34. The molecule has 0 amide bonds. The summed E-state index contributed by atoms with van der Waals surface area (Å²) in [6, 6.07) is 3.90. The first-order valence-corrected chi connectivity index (χ1v) is 5.34. The lowest BCUT2D eigenvalue weighted by atomic mass is 10.0. The molecule has 0 aromatic heterocycles. The Labute approximate surface area is 97.3 Å². The van der Waals surface area contributed by atoms with E-state index in [0.29, 0.717) is 0 Å². The molecule has 5 heteroatoms. The summed E-state index contributed by atoms with van der Waals surface area (Å²) in [5, 5.41) is 19.0. The average Bonchev–Trinajstić information content (AvgIpc) is 2.21. The summed E-state index contributed by atoms with van der Waals surface area (Å²) in [6.45, 7) is 0. The topological polar surface area (TPSA) is 40.5 Å². The fourth-order valence-electron chi connectivity index (χ4n) is 1.19. The Balaban J connectivity index is 2.81. The largest absolute Gasteiger partial charge is 0.390 e. The molecule has 0 heterocycles. The fourth-order valence-corrected chi connectivity index (χ4v) is 1.53. The fraction of sp³-hybridized carbons (Fsp3) is 0.400. The molecule has 2 atom stereocenters. The van der Waals surface area contributed by atoms with E-state index in [1.54, 1.807) is 0 Å². The normalized spacial score (nSPS) is 15.0. The van der Waals surface area contributed by atoms with E-state index in [1.807, 2.05) is 0 Å². The molecule has 0 fully saturated rings. The first-order valence-electron chi connectivity index (χ1n) is 4.43. The Hall–Kier alpha value is -0.350. The molecule has 1 aromatic rings. The van der Waals surface area contributed by atoms with Crippen molar-refractivity contribution in [1.29, 1.82) is 0 Å². The summed E-state index contributed by atoms with van der Waals surface area (Å²) >= 11 is 10.9. The summed E-state index contributed by atoms with van der Waals surface area (Å²) in [4.78, 5) is 0. The molecule has 84 valence electrons. The lowest BCUT2D eigenvalue weighted by Gasteiger charge is -2.17. The van der Waals surface area contributed by atoms with Crippen molar-refractivity contribution in [2.45, 2.75) is 18.6 Å². The molecular weight excluding hydrogens is 242 g/mol. The van der Waals surface area contributed by atoms with Gasteiger partial charge >= 0.3 is 0 Å². The summed E-state index contributed by atoms with van der Waals surface area (Å²) in [7, 11) is 0. The molecule has 0 bridgehead atoms. The van der Waals surface area contributed by atoms with Gasteiger partial charge in [-0.2, -0.15) is 0 Å². The Morgan fingerprint density at radius 1 is 1.33 bits per heavy atom. The van der Waals surface area contributed by atoms with Gasteiger partial charge in [0.2, 0.25) is 0 Å². The summed E-state index contributed by atoms with van der Waals surface area (Å²) in [5.41, 5.74) is 0.287. The molecule has 0 spiro atoms. The van der Waals surface area contributed by atoms with Crippen molar-refractivity contribution < 1.29 is 14.6 Å². The van der Waals surface area contributed by atoms with Crippen LogP contribution in [0.1, 0.15) is 18.1 Å². The van der Waals surface area contributed by atoms with Crippen LogP contribution in [0.4, 0.5) is 4.39 Å². The van der Waals surface area contributed by atoms with Crippen LogP contribution in [0.25, 0.3) is 0 Å². The molecular formula is C10H11Cl2FO2. The highest BCUT2D eigenvalue weighted by molar-refractivity contribution is 6.30. The minimum atomic E-state index is -1.14. The maximum absolute atomic E-state index is 13.0. The minimum Gasteiger partial charge on any atom is -0.390 e. The van der Waals surface area contributed by atoms with Crippen LogP contribution in [0.5, 0.6) is 0 Å². The molecule has 1 rings (SSSR count). The first kappa shape index (κ1) is 12.7. The molecule has 0 aliphatic rings. The highest BCUT2D eigenvalue weighted by Gasteiger charge is 2.18. The van der Waals surface area contributed by atoms with E-state index in [2.05, 4.69) is 0 Å². The molecule has 0 saturated heterocycles. The summed E-state index contributed by atoms with van der Waals surface area (Å²) < 4.78 is 13.0. The van der Waals surface area contributed by atoms with E-state index in [9.17, 15) is 14.6 Å². The van der Waals surface area contributed by atoms with Crippen molar-refractivity contribution in [3.05, 3.63) is 34.6 Å². The van der Waals surface area contributed by atoms with Gasteiger partial charge in [0, 0.05) is 5.88 Å². The van der Waals surface area contributed by atoms with E-state index < -0.39 is 18.0 Å². The Morgan fingerprint density at radius 2 is 2.00 bits per heavy atom. The molecule has 0 aliphatic carbocycles. The van der Waals surface area contributed by atoms with Crippen LogP contribution in [0.15, 0.2) is 18.2 Å². The summed E-state index contributed by atoms with van der Waals surface area (Å²) in [6.07, 6.45) is -1.90. The second-order valence-electron chi connectivity index (χ2n) is 3.16. The third kappa shape index (κ3) is 3.31. The van der Waals surface area contributed by atoms with Gasteiger partial charge in [0.05, 0.1) is 11.1 Å². The molecule has 0 aliphatic heterocycles. The minimum absolute atomic E-state index is 0.0159. The number of alkyl halides is 1. The third-order valence-electron chi connectivity index (χ3n) is 2.05. The van der Waals surface area contributed by atoms with Gasteiger partial charge in [-0.3, -0.25) is 0 Å². The van der Waals surface area contributed by atoms with Gasteiger partial charge in [0.15, 0.2) is 0 Å². The van der Waals surface area contributed by atoms with Crippen LogP contribution in [-0.4, -0.2) is 22.2 Å². The van der Waals surface area contributed by atoms with E-state index in [1.165, 1.54) is 12.1 Å². The van der Waals surface area contributed by atoms with Crippen molar-refractivity contribution in [3.63, 3.8) is 0 Å².